The summed E-state index contributed by atoms with van der Waals surface area (Å²) in [4.78, 5) is 21.1. The number of carbonyl (C=O) groups is 1. The van der Waals surface area contributed by atoms with E-state index in [1.807, 2.05) is 0 Å². The maximum absolute atomic E-state index is 11.2. The molecule has 1 aliphatic heterocycles. The second-order valence-electron chi connectivity index (χ2n) is 4.75. The summed E-state index contributed by atoms with van der Waals surface area (Å²) in [5.41, 5.74) is 5.25. The molecule has 1 heterocycles. The molecule has 0 saturated carbocycles. The standard InChI is InChI=1S/C12H24N2O8/c1-7(16)14-9-11(18)10(17)8(6-15)21-12(9)22-20-5-4-19-3-2-13/h8-12,15,17-18H,2-6,13H2,1H3,(H,14,16)/t8-,9-,10+,11-,12+/m1/s1. The molecule has 0 aromatic carbocycles. The number of nitrogens with two attached hydrogens (primary N) is 1. The molecular weight excluding hydrogens is 300 g/mol. The van der Waals surface area contributed by atoms with Crippen molar-refractivity contribution in [2.24, 2.45) is 5.73 Å². The van der Waals surface area contributed by atoms with Crippen molar-refractivity contribution in [2.75, 3.05) is 33.0 Å². The summed E-state index contributed by atoms with van der Waals surface area (Å²) in [5, 5.41) is 31.3. The Balaban J connectivity index is 2.52. The van der Waals surface area contributed by atoms with E-state index in [0.717, 1.165) is 0 Å². The number of rotatable bonds is 9. The van der Waals surface area contributed by atoms with E-state index in [1.54, 1.807) is 0 Å². The van der Waals surface area contributed by atoms with Crippen LogP contribution < -0.4 is 11.1 Å². The van der Waals surface area contributed by atoms with Gasteiger partial charge in [-0.25, -0.2) is 9.78 Å². The average molecular weight is 324 g/mol. The van der Waals surface area contributed by atoms with Crippen LogP contribution in [0.4, 0.5) is 0 Å². The molecule has 1 rings (SSSR count). The van der Waals surface area contributed by atoms with E-state index in [9.17, 15) is 15.0 Å². The lowest BCUT2D eigenvalue weighted by atomic mass is 9.97. The first-order chi connectivity index (χ1) is 10.5. The van der Waals surface area contributed by atoms with Gasteiger partial charge in [-0.15, -0.1) is 0 Å². The van der Waals surface area contributed by atoms with E-state index < -0.39 is 43.2 Å². The smallest absolute Gasteiger partial charge is 0.217 e. The topological polar surface area (TPSA) is 153 Å². The Morgan fingerprint density at radius 2 is 2.00 bits per heavy atom. The molecule has 22 heavy (non-hydrogen) atoms. The van der Waals surface area contributed by atoms with Crippen molar-refractivity contribution < 1.29 is 39.4 Å². The number of ether oxygens (including phenoxy) is 2. The minimum absolute atomic E-state index is 0.0785. The van der Waals surface area contributed by atoms with Gasteiger partial charge in [0.1, 0.15) is 31.0 Å². The summed E-state index contributed by atoms with van der Waals surface area (Å²) in [7, 11) is 0. The number of hydrogen-bond acceptors (Lipinski definition) is 9. The Morgan fingerprint density at radius 3 is 2.59 bits per heavy atom. The Bertz CT molecular complexity index is 332. The lowest BCUT2D eigenvalue weighted by Crippen LogP contribution is -2.64. The molecule has 0 aromatic heterocycles. The largest absolute Gasteiger partial charge is 0.394 e. The lowest BCUT2D eigenvalue weighted by Gasteiger charge is -2.41. The number of aliphatic hydroxyl groups excluding tert-OH is 3. The van der Waals surface area contributed by atoms with Crippen LogP contribution in [0.3, 0.4) is 0 Å². The fraction of sp³-hybridized carbons (Fsp3) is 0.917. The van der Waals surface area contributed by atoms with Crippen LogP contribution >= 0.6 is 0 Å². The maximum atomic E-state index is 11.2. The average Bonchev–Trinajstić information content (AvgIpc) is 2.49. The molecule has 1 fully saturated rings. The first kappa shape index (κ1) is 19.2. The van der Waals surface area contributed by atoms with Gasteiger partial charge in [-0.05, 0) is 0 Å². The van der Waals surface area contributed by atoms with Crippen molar-refractivity contribution in [3.63, 3.8) is 0 Å². The molecule has 130 valence electrons. The van der Waals surface area contributed by atoms with E-state index in [-0.39, 0.29) is 13.2 Å². The molecular formula is C12H24N2O8. The highest BCUT2D eigenvalue weighted by Gasteiger charge is 2.46. The van der Waals surface area contributed by atoms with Crippen molar-refractivity contribution in [3.8, 4) is 0 Å². The van der Waals surface area contributed by atoms with Crippen molar-refractivity contribution in [3.05, 3.63) is 0 Å². The summed E-state index contributed by atoms with van der Waals surface area (Å²) < 4.78 is 10.4. The number of aliphatic hydroxyl groups is 3. The molecule has 0 bridgehead atoms. The molecule has 6 N–H and O–H groups in total. The third-order valence-electron chi connectivity index (χ3n) is 2.99. The quantitative estimate of drug-likeness (QED) is 0.168. The molecule has 0 aromatic rings. The van der Waals surface area contributed by atoms with Gasteiger partial charge < -0.3 is 35.8 Å². The number of hydrogen-bond donors (Lipinski definition) is 5. The Kier molecular flexibility index (Phi) is 8.75. The normalized spacial score (nSPS) is 32.0. The number of carbonyl (C=O) groups excluding carboxylic acids is 1. The van der Waals surface area contributed by atoms with Crippen molar-refractivity contribution in [2.45, 2.75) is 37.6 Å². The zero-order valence-corrected chi connectivity index (χ0v) is 12.4. The third-order valence-corrected chi connectivity index (χ3v) is 2.99. The Hall–Kier alpha value is -0.850. The molecule has 5 atom stereocenters. The van der Waals surface area contributed by atoms with Crippen LogP contribution in [-0.2, 0) is 24.0 Å². The molecule has 0 spiro atoms. The highest BCUT2D eigenvalue weighted by molar-refractivity contribution is 5.73. The molecule has 10 heteroatoms. The van der Waals surface area contributed by atoms with Crippen LogP contribution in [0.5, 0.6) is 0 Å². The van der Waals surface area contributed by atoms with Gasteiger partial charge in [-0.2, -0.15) is 0 Å². The summed E-state index contributed by atoms with van der Waals surface area (Å²) in [6.45, 7) is 1.81. The minimum Gasteiger partial charge on any atom is -0.394 e. The van der Waals surface area contributed by atoms with Gasteiger partial charge >= 0.3 is 0 Å². The van der Waals surface area contributed by atoms with Gasteiger partial charge in [-0.3, -0.25) is 4.79 Å². The molecule has 0 aliphatic carbocycles. The summed E-state index contributed by atoms with van der Waals surface area (Å²) in [5.74, 6) is -0.442. The summed E-state index contributed by atoms with van der Waals surface area (Å²) in [6, 6.07) is -1.04. The van der Waals surface area contributed by atoms with Gasteiger partial charge in [-0.1, -0.05) is 0 Å². The first-order valence-corrected chi connectivity index (χ1v) is 6.97. The van der Waals surface area contributed by atoms with E-state index in [2.05, 4.69) is 5.32 Å². The molecule has 0 unspecified atom stereocenters. The second-order valence-corrected chi connectivity index (χ2v) is 4.75. The zero-order chi connectivity index (χ0) is 16.5. The highest BCUT2D eigenvalue weighted by Crippen LogP contribution is 2.22. The monoisotopic (exact) mass is 324 g/mol. The first-order valence-electron chi connectivity index (χ1n) is 6.97. The van der Waals surface area contributed by atoms with Gasteiger partial charge in [0.15, 0.2) is 0 Å². The van der Waals surface area contributed by atoms with Crippen molar-refractivity contribution in [1.82, 2.24) is 5.32 Å². The van der Waals surface area contributed by atoms with Crippen LogP contribution in [0.2, 0.25) is 0 Å². The van der Waals surface area contributed by atoms with Crippen molar-refractivity contribution in [1.29, 1.82) is 0 Å². The summed E-state index contributed by atoms with van der Waals surface area (Å²) >= 11 is 0. The van der Waals surface area contributed by atoms with Crippen LogP contribution in [-0.4, -0.2) is 84.8 Å². The molecule has 1 amide bonds. The van der Waals surface area contributed by atoms with Crippen LogP contribution in [0.25, 0.3) is 0 Å². The van der Waals surface area contributed by atoms with Crippen molar-refractivity contribution >= 4 is 5.91 Å². The van der Waals surface area contributed by atoms with E-state index in [0.29, 0.717) is 13.2 Å². The number of amides is 1. The number of nitrogens with one attached hydrogen (secondary N) is 1. The predicted octanol–water partition coefficient (Wildman–Crippen LogP) is -3.15. The molecule has 1 aliphatic rings. The van der Waals surface area contributed by atoms with Gasteiger partial charge in [0.05, 0.1) is 19.8 Å². The maximum Gasteiger partial charge on any atom is 0.217 e. The fourth-order valence-electron chi connectivity index (χ4n) is 1.95. The van der Waals surface area contributed by atoms with E-state index in [1.165, 1.54) is 6.92 Å². The van der Waals surface area contributed by atoms with Crippen LogP contribution in [0, 0.1) is 0 Å². The Labute approximate surface area is 128 Å². The Morgan fingerprint density at radius 1 is 1.27 bits per heavy atom. The third kappa shape index (κ3) is 5.74. The lowest BCUT2D eigenvalue weighted by molar-refractivity contribution is -0.412. The minimum atomic E-state index is -1.38. The van der Waals surface area contributed by atoms with E-state index >= 15 is 0 Å². The highest BCUT2D eigenvalue weighted by atomic mass is 17.2. The van der Waals surface area contributed by atoms with E-state index in [4.69, 9.17) is 30.1 Å². The fourth-order valence-corrected chi connectivity index (χ4v) is 1.95. The van der Waals surface area contributed by atoms with Gasteiger partial charge in [0, 0.05) is 13.5 Å². The molecule has 10 nitrogen and oxygen atoms in total. The van der Waals surface area contributed by atoms with Crippen LogP contribution in [0.15, 0.2) is 0 Å². The van der Waals surface area contributed by atoms with Crippen LogP contribution in [0.1, 0.15) is 6.92 Å². The second kappa shape index (κ2) is 10.0. The SMILES string of the molecule is CC(=O)N[C@H]1[C@H](OOCCOCCN)O[C@H](CO)[C@H](O)[C@@H]1O. The zero-order valence-electron chi connectivity index (χ0n) is 12.4. The van der Waals surface area contributed by atoms with Gasteiger partial charge in [0.2, 0.25) is 12.2 Å². The summed E-state index contributed by atoms with van der Waals surface area (Å²) in [6.07, 6.45) is -4.98. The predicted molar refractivity (Wildman–Crippen MR) is 72.3 cm³/mol. The van der Waals surface area contributed by atoms with Gasteiger partial charge in [0.25, 0.3) is 0 Å². The molecule has 1 saturated heterocycles. The molecule has 0 radical (unpaired) electrons.